The lowest BCUT2D eigenvalue weighted by molar-refractivity contribution is 0.304. The first-order chi connectivity index (χ1) is 12.2. The average Bonchev–Trinajstić information content (AvgIpc) is 2.99. The van der Waals surface area contributed by atoms with Gasteiger partial charge in [-0.15, -0.1) is 11.3 Å². The molecule has 6 heteroatoms. The Kier molecular flexibility index (Phi) is 4.39. The van der Waals surface area contributed by atoms with E-state index in [9.17, 15) is 5.11 Å². The van der Waals surface area contributed by atoms with Gasteiger partial charge in [-0.05, 0) is 42.9 Å². The molecule has 1 aliphatic rings. The molecule has 1 atom stereocenters. The van der Waals surface area contributed by atoms with Crippen LogP contribution in [0, 0.1) is 5.92 Å². The van der Waals surface area contributed by atoms with E-state index in [2.05, 4.69) is 11.9 Å². The Balaban J connectivity index is 1.93. The molecule has 0 unspecified atom stereocenters. The third kappa shape index (κ3) is 3.00. The van der Waals surface area contributed by atoms with Crippen LogP contribution in [0.2, 0.25) is 0 Å². The van der Waals surface area contributed by atoms with Crippen LogP contribution < -0.4 is 4.90 Å². The van der Waals surface area contributed by atoms with Crippen LogP contribution in [0.25, 0.3) is 21.6 Å². The number of fused-ring (bicyclic) bond motifs is 3. The van der Waals surface area contributed by atoms with Crippen LogP contribution in [-0.2, 0) is 12.8 Å². The average molecular weight is 354 g/mol. The molecule has 3 heterocycles. The Morgan fingerprint density at radius 2 is 2.24 bits per heavy atom. The summed E-state index contributed by atoms with van der Waals surface area (Å²) in [7, 11) is 1.99. The summed E-state index contributed by atoms with van der Waals surface area (Å²) in [6, 6.07) is 3.89. The number of aromatic nitrogens is 3. The molecule has 0 saturated carbocycles. The lowest BCUT2D eigenvalue weighted by Crippen LogP contribution is -2.23. The number of aryl methyl sites for hydroxylation is 1. The Labute approximate surface area is 151 Å². The van der Waals surface area contributed by atoms with E-state index in [1.807, 2.05) is 24.1 Å². The maximum absolute atomic E-state index is 9.39. The maximum atomic E-state index is 9.39. The van der Waals surface area contributed by atoms with Crippen molar-refractivity contribution in [1.29, 1.82) is 0 Å². The topological polar surface area (TPSA) is 62.1 Å². The highest BCUT2D eigenvalue weighted by Crippen LogP contribution is 2.41. The molecule has 4 rings (SSSR count). The molecule has 5 nitrogen and oxygen atoms in total. The fourth-order valence-corrected chi connectivity index (χ4v) is 4.86. The van der Waals surface area contributed by atoms with Gasteiger partial charge in [0.15, 0.2) is 5.82 Å². The Morgan fingerprint density at radius 1 is 1.36 bits per heavy atom. The zero-order valence-corrected chi connectivity index (χ0v) is 15.4. The lowest BCUT2D eigenvalue weighted by atomic mass is 9.89. The van der Waals surface area contributed by atoms with E-state index in [4.69, 9.17) is 9.97 Å². The second kappa shape index (κ2) is 6.69. The first kappa shape index (κ1) is 16.4. The van der Waals surface area contributed by atoms with Crippen LogP contribution >= 0.6 is 11.3 Å². The molecule has 25 heavy (non-hydrogen) atoms. The van der Waals surface area contributed by atoms with Gasteiger partial charge in [-0.1, -0.05) is 6.92 Å². The zero-order valence-electron chi connectivity index (χ0n) is 14.6. The zero-order chi connectivity index (χ0) is 17.4. The molecule has 1 N–H and O–H groups in total. The van der Waals surface area contributed by atoms with E-state index in [0.717, 1.165) is 35.0 Å². The largest absolute Gasteiger partial charge is 0.395 e. The summed E-state index contributed by atoms with van der Waals surface area (Å²) in [5.41, 5.74) is 2.33. The first-order valence-corrected chi connectivity index (χ1v) is 9.53. The highest BCUT2D eigenvalue weighted by atomic mass is 32.1. The van der Waals surface area contributed by atoms with Crippen molar-refractivity contribution in [1.82, 2.24) is 15.0 Å². The highest BCUT2D eigenvalue weighted by molar-refractivity contribution is 7.19. The molecular formula is C19H22N4OS. The Morgan fingerprint density at radius 3 is 3.00 bits per heavy atom. The molecule has 0 spiro atoms. The van der Waals surface area contributed by atoms with Gasteiger partial charge >= 0.3 is 0 Å². The van der Waals surface area contributed by atoms with E-state index < -0.39 is 0 Å². The highest BCUT2D eigenvalue weighted by Gasteiger charge is 2.25. The molecule has 0 amide bonds. The minimum Gasteiger partial charge on any atom is -0.395 e. The normalized spacial score (nSPS) is 16.8. The molecule has 0 radical (unpaired) electrons. The van der Waals surface area contributed by atoms with E-state index in [1.54, 1.807) is 23.7 Å². The van der Waals surface area contributed by atoms with Crippen LogP contribution in [0.3, 0.4) is 0 Å². The third-order valence-corrected chi connectivity index (χ3v) is 6.00. The molecular weight excluding hydrogens is 332 g/mol. The van der Waals surface area contributed by atoms with Crippen LogP contribution in [0.5, 0.6) is 0 Å². The van der Waals surface area contributed by atoms with E-state index in [1.165, 1.54) is 22.2 Å². The van der Waals surface area contributed by atoms with E-state index in [0.29, 0.717) is 12.4 Å². The van der Waals surface area contributed by atoms with Crippen LogP contribution in [0.15, 0.2) is 24.5 Å². The van der Waals surface area contributed by atoms with Crippen LogP contribution in [0.4, 0.5) is 5.82 Å². The van der Waals surface area contributed by atoms with Gasteiger partial charge in [-0.2, -0.15) is 0 Å². The number of nitrogens with zero attached hydrogens (tertiary/aromatic N) is 4. The van der Waals surface area contributed by atoms with Crippen molar-refractivity contribution in [3.05, 3.63) is 35.0 Å². The Bertz CT molecular complexity index is 893. The fraction of sp³-hybridized carbons (Fsp3) is 0.421. The molecule has 3 aromatic heterocycles. The van der Waals surface area contributed by atoms with Crippen LogP contribution in [0.1, 0.15) is 23.8 Å². The van der Waals surface area contributed by atoms with Gasteiger partial charge in [0.2, 0.25) is 0 Å². The number of thiophene rings is 1. The summed E-state index contributed by atoms with van der Waals surface area (Å²) in [5.74, 6) is 2.35. The van der Waals surface area contributed by atoms with E-state index in [-0.39, 0.29) is 6.61 Å². The number of anilines is 1. The number of rotatable bonds is 4. The minimum absolute atomic E-state index is 0.105. The standard InChI is InChI=1S/C19H22N4OS/c1-12-5-6-14-15(10-12)25-19-16(14)18(23(2)8-9-24)21-17(22-19)13-4-3-7-20-11-13/h3-4,7,11-12,24H,5-6,8-10H2,1-2H3/t12-/m1/s1. The third-order valence-electron chi connectivity index (χ3n) is 4.85. The number of hydrogen-bond acceptors (Lipinski definition) is 6. The van der Waals surface area contributed by atoms with Gasteiger partial charge in [0.1, 0.15) is 10.6 Å². The van der Waals surface area contributed by atoms with Gasteiger partial charge in [0.05, 0.1) is 12.0 Å². The second-order valence-corrected chi connectivity index (χ2v) is 7.87. The van der Waals surface area contributed by atoms with Crippen molar-refractivity contribution in [3.8, 4) is 11.4 Å². The summed E-state index contributed by atoms with van der Waals surface area (Å²) in [6.07, 6.45) is 6.98. The monoisotopic (exact) mass is 354 g/mol. The van der Waals surface area contributed by atoms with Gasteiger partial charge in [0, 0.05) is 36.4 Å². The second-order valence-electron chi connectivity index (χ2n) is 6.79. The van der Waals surface area contributed by atoms with Crippen molar-refractivity contribution < 1.29 is 5.11 Å². The van der Waals surface area contributed by atoms with Gasteiger partial charge < -0.3 is 10.0 Å². The minimum atomic E-state index is 0.105. The first-order valence-electron chi connectivity index (χ1n) is 8.72. The molecule has 0 aromatic carbocycles. The number of aliphatic hydroxyl groups excluding tert-OH is 1. The molecule has 0 fully saturated rings. The molecule has 0 saturated heterocycles. The van der Waals surface area contributed by atoms with Crippen LogP contribution in [-0.4, -0.2) is 40.3 Å². The molecule has 130 valence electrons. The quantitative estimate of drug-likeness (QED) is 0.779. The number of hydrogen-bond donors (Lipinski definition) is 1. The molecule has 0 aliphatic heterocycles. The summed E-state index contributed by atoms with van der Waals surface area (Å²) < 4.78 is 0. The lowest BCUT2D eigenvalue weighted by Gasteiger charge is -2.21. The Hall–Kier alpha value is -2.05. The molecule has 3 aromatic rings. The maximum Gasteiger partial charge on any atom is 0.164 e. The predicted octanol–water partition coefficient (Wildman–Crippen LogP) is 3.31. The summed E-state index contributed by atoms with van der Waals surface area (Å²) >= 11 is 1.80. The number of likely N-dealkylation sites (N-methyl/N-ethyl adjacent to an activating group) is 1. The van der Waals surface area contributed by atoms with Crippen molar-refractivity contribution in [2.75, 3.05) is 25.1 Å². The fourth-order valence-electron chi connectivity index (χ4n) is 3.48. The smallest absolute Gasteiger partial charge is 0.164 e. The summed E-state index contributed by atoms with van der Waals surface area (Å²) in [6.45, 7) is 2.98. The number of pyridine rings is 1. The predicted molar refractivity (Wildman–Crippen MR) is 102 cm³/mol. The van der Waals surface area contributed by atoms with Gasteiger partial charge in [0.25, 0.3) is 0 Å². The van der Waals surface area contributed by atoms with Crippen molar-refractivity contribution in [2.24, 2.45) is 5.92 Å². The SMILES string of the molecule is C[C@@H]1CCc2c(sc3nc(-c4cccnc4)nc(N(C)CCO)c23)C1. The van der Waals surface area contributed by atoms with Gasteiger partial charge in [-0.3, -0.25) is 4.98 Å². The van der Waals surface area contributed by atoms with E-state index >= 15 is 0 Å². The summed E-state index contributed by atoms with van der Waals surface area (Å²) in [4.78, 5) is 18.4. The van der Waals surface area contributed by atoms with Gasteiger partial charge in [-0.25, -0.2) is 9.97 Å². The molecule has 0 bridgehead atoms. The number of aliphatic hydroxyl groups is 1. The van der Waals surface area contributed by atoms with Crippen molar-refractivity contribution in [3.63, 3.8) is 0 Å². The van der Waals surface area contributed by atoms with Crippen molar-refractivity contribution >= 4 is 27.4 Å². The molecule has 1 aliphatic carbocycles. The summed E-state index contributed by atoms with van der Waals surface area (Å²) in [5, 5.41) is 10.6. The van der Waals surface area contributed by atoms with Crippen molar-refractivity contribution in [2.45, 2.75) is 26.2 Å².